The first-order chi connectivity index (χ1) is 16.1. The molecule has 2 amide bonds. The Morgan fingerprint density at radius 3 is 2.74 bits per heavy atom. The monoisotopic (exact) mass is 468 g/mol. The molecule has 2 fully saturated rings. The van der Waals surface area contributed by atoms with E-state index >= 15 is 0 Å². The Morgan fingerprint density at radius 2 is 2.03 bits per heavy atom. The molecule has 1 saturated heterocycles. The second kappa shape index (κ2) is 8.23. The number of hydrogen-bond donors (Lipinski definition) is 2. The van der Waals surface area contributed by atoms with Gasteiger partial charge in [-0.05, 0) is 18.3 Å². The van der Waals surface area contributed by atoms with E-state index in [4.69, 9.17) is 0 Å². The maximum absolute atomic E-state index is 13.8. The summed E-state index contributed by atoms with van der Waals surface area (Å²) in [5.74, 6) is -0.0914. The average molecular weight is 469 g/mol. The highest BCUT2D eigenvalue weighted by molar-refractivity contribution is 5.90. The van der Waals surface area contributed by atoms with Crippen LogP contribution in [-0.2, 0) is 23.2 Å². The molecular formula is C23H32N8O3. The van der Waals surface area contributed by atoms with Crippen LogP contribution in [0.25, 0.3) is 5.65 Å². The first-order valence-electron chi connectivity index (χ1n) is 11.8. The zero-order valence-corrected chi connectivity index (χ0v) is 20.0. The van der Waals surface area contributed by atoms with Crippen molar-refractivity contribution in [3.8, 4) is 0 Å². The van der Waals surface area contributed by atoms with Gasteiger partial charge in [-0.25, -0.2) is 9.20 Å². The number of nitrogens with zero attached hydrogens (tertiary/aromatic N) is 7. The normalized spacial score (nSPS) is 21.9. The standard InChI is InChI=1S/C23H32N8O3/c1-23(2,3)19(31-13-17(26-27-31)14-5-6-14)22(34)29-12-16(32)9-18(29)20(33)24-10-15-11-25-30-8-7-28(4)21(15)30/h7-8,11,13-14,16,18-19,32H,5-6,9-10,12H2,1-4H3,(H,24,33)/t16?,18?,19-/m1/s1. The molecule has 11 heteroatoms. The summed E-state index contributed by atoms with van der Waals surface area (Å²) in [5.41, 5.74) is 2.22. The van der Waals surface area contributed by atoms with E-state index < -0.39 is 23.6 Å². The molecule has 3 aromatic heterocycles. The highest BCUT2D eigenvalue weighted by Gasteiger charge is 2.45. The Morgan fingerprint density at radius 1 is 1.26 bits per heavy atom. The molecule has 11 nitrogen and oxygen atoms in total. The van der Waals surface area contributed by atoms with E-state index in [0.29, 0.717) is 5.92 Å². The summed E-state index contributed by atoms with van der Waals surface area (Å²) < 4.78 is 5.32. The summed E-state index contributed by atoms with van der Waals surface area (Å²) in [6.45, 7) is 6.32. The topological polar surface area (TPSA) is 123 Å². The van der Waals surface area contributed by atoms with Gasteiger partial charge in [-0.15, -0.1) is 5.10 Å². The zero-order valence-electron chi connectivity index (χ0n) is 20.0. The highest BCUT2D eigenvalue weighted by Crippen LogP contribution is 2.40. The maximum atomic E-state index is 13.8. The third kappa shape index (κ3) is 4.08. The molecule has 2 N–H and O–H groups in total. The minimum absolute atomic E-state index is 0.115. The van der Waals surface area contributed by atoms with E-state index in [-0.39, 0.29) is 31.3 Å². The number of aliphatic hydroxyl groups is 1. The van der Waals surface area contributed by atoms with Crippen LogP contribution in [0.2, 0.25) is 0 Å². The summed E-state index contributed by atoms with van der Waals surface area (Å²) >= 11 is 0. The molecule has 34 heavy (non-hydrogen) atoms. The number of carbonyl (C=O) groups excluding carboxylic acids is 2. The van der Waals surface area contributed by atoms with Gasteiger partial charge < -0.3 is 19.9 Å². The van der Waals surface area contributed by atoms with Crippen molar-refractivity contribution in [2.45, 2.75) is 70.7 Å². The lowest BCUT2D eigenvalue weighted by molar-refractivity contribution is -0.144. The molecule has 1 aliphatic heterocycles. The number of β-amino-alcohol motifs (C(OH)–C–C–N with tert-alkyl or cyclic N) is 1. The van der Waals surface area contributed by atoms with E-state index in [9.17, 15) is 14.7 Å². The van der Waals surface area contributed by atoms with E-state index in [0.717, 1.165) is 29.7 Å². The van der Waals surface area contributed by atoms with Gasteiger partial charge in [0.2, 0.25) is 11.8 Å². The molecule has 2 aliphatic rings. The Balaban J connectivity index is 1.34. The van der Waals surface area contributed by atoms with Crippen LogP contribution in [0.5, 0.6) is 0 Å². The molecule has 5 rings (SSSR count). The van der Waals surface area contributed by atoms with Crippen LogP contribution < -0.4 is 5.32 Å². The van der Waals surface area contributed by atoms with Gasteiger partial charge in [-0.3, -0.25) is 9.59 Å². The average Bonchev–Trinajstić information content (AvgIpc) is 3.10. The van der Waals surface area contributed by atoms with Crippen molar-refractivity contribution in [3.05, 3.63) is 36.0 Å². The summed E-state index contributed by atoms with van der Waals surface area (Å²) in [6.07, 6.45) is 8.96. The van der Waals surface area contributed by atoms with Crippen LogP contribution in [0, 0.1) is 5.41 Å². The second-order valence-electron chi connectivity index (χ2n) is 10.6. The molecule has 0 spiro atoms. The van der Waals surface area contributed by atoms with Gasteiger partial charge in [0.1, 0.15) is 17.7 Å². The molecule has 3 aromatic rings. The number of hydrogen-bond acceptors (Lipinski definition) is 6. The lowest BCUT2D eigenvalue weighted by Crippen LogP contribution is -2.50. The number of likely N-dealkylation sites (tertiary alicyclic amines) is 1. The Labute approximate surface area is 197 Å². The minimum Gasteiger partial charge on any atom is -0.391 e. The first-order valence-corrected chi connectivity index (χ1v) is 11.8. The second-order valence-corrected chi connectivity index (χ2v) is 10.6. The Hall–Kier alpha value is -3.21. The van der Waals surface area contributed by atoms with Gasteiger partial charge in [0.05, 0.1) is 18.0 Å². The number of carbonyl (C=O) groups is 2. The van der Waals surface area contributed by atoms with Crippen molar-refractivity contribution in [1.82, 2.24) is 39.4 Å². The third-order valence-electron chi connectivity index (χ3n) is 6.77. The quantitative estimate of drug-likeness (QED) is 0.557. The fourth-order valence-corrected chi connectivity index (χ4v) is 4.87. The van der Waals surface area contributed by atoms with Gasteiger partial charge in [-0.1, -0.05) is 26.0 Å². The van der Waals surface area contributed by atoms with Crippen LogP contribution in [0.15, 0.2) is 24.8 Å². The molecule has 1 aliphatic carbocycles. The number of imidazole rings is 1. The van der Waals surface area contributed by atoms with Crippen molar-refractivity contribution < 1.29 is 14.7 Å². The van der Waals surface area contributed by atoms with Crippen molar-refractivity contribution in [3.63, 3.8) is 0 Å². The molecule has 4 heterocycles. The van der Waals surface area contributed by atoms with E-state index in [1.165, 1.54) is 4.90 Å². The largest absolute Gasteiger partial charge is 0.391 e. The fraction of sp³-hybridized carbons (Fsp3) is 0.609. The number of aliphatic hydroxyl groups excluding tert-OH is 1. The lowest BCUT2D eigenvalue weighted by atomic mass is 9.85. The summed E-state index contributed by atoms with van der Waals surface area (Å²) in [4.78, 5) is 28.5. The molecule has 1 saturated carbocycles. The van der Waals surface area contributed by atoms with E-state index in [1.807, 2.05) is 51.0 Å². The van der Waals surface area contributed by atoms with Crippen LogP contribution >= 0.6 is 0 Å². The lowest BCUT2D eigenvalue weighted by Gasteiger charge is -2.34. The Bertz CT molecular complexity index is 1210. The summed E-state index contributed by atoms with van der Waals surface area (Å²) in [6, 6.07) is -1.38. The number of rotatable bonds is 6. The maximum Gasteiger partial charge on any atom is 0.248 e. The number of fused-ring (bicyclic) bond motifs is 1. The van der Waals surface area contributed by atoms with Crippen molar-refractivity contribution in [1.29, 1.82) is 0 Å². The summed E-state index contributed by atoms with van der Waals surface area (Å²) in [5, 5.41) is 26.2. The van der Waals surface area contributed by atoms with Gasteiger partial charge in [0, 0.05) is 56.6 Å². The zero-order chi connectivity index (χ0) is 24.2. The van der Waals surface area contributed by atoms with Crippen molar-refractivity contribution in [2.75, 3.05) is 6.54 Å². The number of nitrogens with one attached hydrogen (secondary N) is 1. The van der Waals surface area contributed by atoms with E-state index in [2.05, 4.69) is 20.7 Å². The number of amides is 2. The van der Waals surface area contributed by atoms with E-state index in [1.54, 1.807) is 15.4 Å². The smallest absolute Gasteiger partial charge is 0.248 e. The molecular weight excluding hydrogens is 436 g/mol. The SMILES string of the molecule is Cn1ccn2ncc(CNC(=O)C3CC(O)CN3C(=O)[C@@H](n3cc(C4CC4)nn3)C(C)(C)C)c12. The number of aromatic nitrogens is 6. The first kappa shape index (κ1) is 22.6. The highest BCUT2D eigenvalue weighted by atomic mass is 16.3. The summed E-state index contributed by atoms with van der Waals surface area (Å²) in [7, 11) is 1.92. The van der Waals surface area contributed by atoms with Crippen LogP contribution in [-0.4, -0.2) is 69.7 Å². The van der Waals surface area contributed by atoms with Crippen LogP contribution in [0.3, 0.4) is 0 Å². The fourth-order valence-electron chi connectivity index (χ4n) is 4.87. The molecule has 0 bridgehead atoms. The number of aryl methyl sites for hydroxylation is 1. The third-order valence-corrected chi connectivity index (χ3v) is 6.77. The van der Waals surface area contributed by atoms with Crippen molar-refractivity contribution in [2.24, 2.45) is 12.5 Å². The predicted molar refractivity (Wildman–Crippen MR) is 123 cm³/mol. The molecule has 182 valence electrons. The Kier molecular flexibility index (Phi) is 5.46. The molecule has 0 radical (unpaired) electrons. The van der Waals surface area contributed by atoms with Crippen LogP contribution in [0.4, 0.5) is 0 Å². The molecule has 2 unspecified atom stereocenters. The van der Waals surface area contributed by atoms with Gasteiger partial charge in [0.25, 0.3) is 0 Å². The van der Waals surface area contributed by atoms with Gasteiger partial charge in [-0.2, -0.15) is 5.10 Å². The predicted octanol–water partition coefficient (Wildman–Crippen LogP) is 1.01. The molecule has 3 atom stereocenters. The van der Waals surface area contributed by atoms with Crippen LogP contribution in [0.1, 0.15) is 63.3 Å². The molecule has 0 aromatic carbocycles. The minimum atomic E-state index is -0.756. The van der Waals surface area contributed by atoms with Gasteiger partial charge in [0.15, 0.2) is 0 Å². The van der Waals surface area contributed by atoms with Gasteiger partial charge >= 0.3 is 0 Å². The van der Waals surface area contributed by atoms with Crippen molar-refractivity contribution >= 4 is 17.5 Å².